The molecule has 27 heavy (non-hydrogen) atoms. The van der Waals surface area contributed by atoms with Gasteiger partial charge in [0.2, 0.25) is 0 Å². The van der Waals surface area contributed by atoms with Gasteiger partial charge < -0.3 is 15.4 Å². The number of carbonyl (C=O) groups is 2. The topological polar surface area (TPSA) is 96.5 Å². The molecule has 0 atom stereocenters. The summed E-state index contributed by atoms with van der Waals surface area (Å²) >= 11 is 0. The first kappa shape index (κ1) is 18.9. The lowest BCUT2D eigenvalue weighted by Crippen LogP contribution is -2.41. The zero-order valence-electron chi connectivity index (χ0n) is 15.3. The summed E-state index contributed by atoms with van der Waals surface area (Å²) in [4.78, 5) is 25.9. The first-order chi connectivity index (χ1) is 13.1. The zero-order chi connectivity index (χ0) is 19.1. The van der Waals surface area contributed by atoms with Crippen molar-refractivity contribution in [2.24, 2.45) is 0 Å². The van der Waals surface area contributed by atoms with Gasteiger partial charge in [-0.2, -0.15) is 0 Å². The van der Waals surface area contributed by atoms with Crippen LogP contribution in [-0.2, 0) is 4.74 Å². The van der Waals surface area contributed by atoms with Gasteiger partial charge in [0.15, 0.2) is 17.3 Å². The number of ketones is 1. The number of ether oxygens (including phenoxy) is 1. The van der Waals surface area contributed by atoms with Crippen molar-refractivity contribution in [3.05, 3.63) is 47.7 Å². The van der Waals surface area contributed by atoms with Crippen LogP contribution in [0.5, 0.6) is 0 Å². The number of benzene rings is 1. The van der Waals surface area contributed by atoms with E-state index in [9.17, 15) is 9.59 Å². The van der Waals surface area contributed by atoms with E-state index in [4.69, 9.17) is 4.74 Å². The molecule has 142 valence electrons. The first-order valence-electron chi connectivity index (χ1n) is 8.92. The predicted octanol–water partition coefficient (Wildman–Crippen LogP) is 1.48. The first-order valence-corrected chi connectivity index (χ1v) is 8.92. The highest BCUT2D eigenvalue weighted by atomic mass is 16.5. The molecule has 3 rings (SSSR count). The number of nitrogens with zero attached hydrogens (tertiary/aromatic N) is 3. The van der Waals surface area contributed by atoms with Crippen LogP contribution in [0, 0.1) is 0 Å². The van der Waals surface area contributed by atoms with Gasteiger partial charge in [-0.25, -0.2) is 0 Å². The molecule has 1 aromatic heterocycles. The second-order valence-corrected chi connectivity index (χ2v) is 6.28. The lowest BCUT2D eigenvalue weighted by Gasteiger charge is -2.26. The van der Waals surface area contributed by atoms with Crippen LogP contribution in [0.4, 0.5) is 11.5 Å². The molecule has 2 N–H and O–H groups in total. The van der Waals surface area contributed by atoms with Gasteiger partial charge in [-0.1, -0.05) is 12.1 Å². The Bertz CT molecular complexity index is 788. The lowest BCUT2D eigenvalue weighted by molar-refractivity contribution is 0.0383. The summed E-state index contributed by atoms with van der Waals surface area (Å²) in [7, 11) is 0. The minimum atomic E-state index is -0.249. The number of hydrogen-bond donors (Lipinski definition) is 2. The molecule has 2 aromatic rings. The fraction of sp³-hybridized carbons (Fsp3) is 0.368. The Balaban J connectivity index is 1.51. The van der Waals surface area contributed by atoms with Gasteiger partial charge in [0, 0.05) is 37.4 Å². The number of nitrogens with one attached hydrogen (secondary N) is 2. The number of anilines is 2. The van der Waals surface area contributed by atoms with E-state index in [-0.39, 0.29) is 17.4 Å². The van der Waals surface area contributed by atoms with Gasteiger partial charge in [0.1, 0.15) is 0 Å². The van der Waals surface area contributed by atoms with Crippen molar-refractivity contribution in [1.82, 2.24) is 20.4 Å². The summed E-state index contributed by atoms with van der Waals surface area (Å²) in [5, 5.41) is 13.9. The molecule has 1 fully saturated rings. The Morgan fingerprint density at radius 3 is 2.67 bits per heavy atom. The molecule has 0 saturated carbocycles. The van der Waals surface area contributed by atoms with Crippen molar-refractivity contribution in [3.63, 3.8) is 0 Å². The van der Waals surface area contributed by atoms with Gasteiger partial charge in [-0.3, -0.25) is 14.5 Å². The SMILES string of the molecule is CC(=O)c1cccc(Nc2ccc(C(=O)NCCN3CCOCC3)nn2)c1. The standard InChI is InChI=1S/C19H23N5O3/c1-14(25)15-3-2-4-16(13-15)21-18-6-5-17(22-23-18)19(26)20-7-8-24-9-11-27-12-10-24/h2-6,13H,7-12H2,1H3,(H,20,26)(H,21,23). The fourth-order valence-corrected chi connectivity index (χ4v) is 2.73. The van der Waals surface area contributed by atoms with E-state index < -0.39 is 0 Å². The Morgan fingerprint density at radius 2 is 1.96 bits per heavy atom. The van der Waals surface area contributed by atoms with E-state index in [1.807, 2.05) is 6.07 Å². The van der Waals surface area contributed by atoms with E-state index >= 15 is 0 Å². The predicted molar refractivity (Wildman–Crippen MR) is 101 cm³/mol. The molecule has 0 radical (unpaired) electrons. The number of amides is 1. The van der Waals surface area contributed by atoms with E-state index in [0.29, 0.717) is 17.9 Å². The summed E-state index contributed by atoms with van der Waals surface area (Å²) in [6, 6.07) is 10.4. The minimum absolute atomic E-state index is 0.00571. The van der Waals surface area contributed by atoms with Crippen molar-refractivity contribution in [2.75, 3.05) is 44.7 Å². The van der Waals surface area contributed by atoms with Crippen LogP contribution in [0.1, 0.15) is 27.8 Å². The fourth-order valence-electron chi connectivity index (χ4n) is 2.73. The molecular weight excluding hydrogens is 346 g/mol. The summed E-state index contributed by atoms with van der Waals surface area (Å²) in [6.07, 6.45) is 0. The van der Waals surface area contributed by atoms with Crippen LogP contribution in [0.2, 0.25) is 0 Å². The monoisotopic (exact) mass is 369 g/mol. The minimum Gasteiger partial charge on any atom is -0.379 e. The second-order valence-electron chi connectivity index (χ2n) is 6.28. The van der Waals surface area contributed by atoms with Crippen molar-refractivity contribution < 1.29 is 14.3 Å². The summed E-state index contributed by atoms with van der Waals surface area (Å²) in [6.45, 7) is 6.12. The molecule has 0 aliphatic carbocycles. The van der Waals surface area contributed by atoms with Crippen LogP contribution < -0.4 is 10.6 Å². The molecule has 1 saturated heterocycles. The molecule has 1 aromatic carbocycles. The van der Waals surface area contributed by atoms with Crippen LogP contribution in [-0.4, -0.2) is 66.2 Å². The Morgan fingerprint density at radius 1 is 1.15 bits per heavy atom. The average molecular weight is 369 g/mol. The van der Waals surface area contributed by atoms with E-state index in [2.05, 4.69) is 25.7 Å². The molecule has 1 aliphatic rings. The summed E-state index contributed by atoms with van der Waals surface area (Å²) in [5.41, 5.74) is 1.61. The third kappa shape index (κ3) is 5.57. The van der Waals surface area contributed by atoms with Crippen molar-refractivity contribution in [1.29, 1.82) is 0 Å². The van der Waals surface area contributed by atoms with Crippen LogP contribution in [0.3, 0.4) is 0 Å². The quantitative estimate of drug-likeness (QED) is 0.714. The lowest BCUT2D eigenvalue weighted by atomic mass is 10.1. The second kappa shape index (κ2) is 9.20. The number of hydrogen-bond acceptors (Lipinski definition) is 7. The highest BCUT2D eigenvalue weighted by Gasteiger charge is 2.12. The highest BCUT2D eigenvalue weighted by molar-refractivity contribution is 5.95. The Hall–Kier alpha value is -2.84. The number of Topliss-reactive ketones (excluding diaryl/α,β-unsaturated/α-hetero) is 1. The molecule has 1 amide bonds. The van der Waals surface area contributed by atoms with Gasteiger partial charge in [0.05, 0.1) is 13.2 Å². The third-order valence-electron chi connectivity index (χ3n) is 4.26. The summed E-state index contributed by atoms with van der Waals surface area (Å²) in [5.74, 6) is 0.246. The molecule has 0 bridgehead atoms. The van der Waals surface area contributed by atoms with E-state index in [1.54, 1.807) is 30.3 Å². The maximum Gasteiger partial charge on any atom is 0.271 e. The molecule has 8 nitrogen and oxygen atoms in total. The maximum absolute atomic E-state index is 12.2. The number of carbonyl (C=O) groups excluding carboxylic acids is 2. The Kier molecular flexibility index (Phi) is 6.45. The molecule has 0 spiro atoms. The van der Waals surface area contributed by atoms with Crippen molar-refractivity contribution in [2.45, 2.75) is 6.92 Å². The normalized spacial score (nSPS) is 14.6. The van der Waals surface area contributed by atoms with Crippen LogP contribution >= 0.6 is 0 Å². The van der Waals surface area contributed by atoms with Crippen molar-refractivity contribution in [3.8, 4) is 0 Å². The van der Waals surface area contributed by atoms with Crippen molar-refractivity contribution >= 4 is 23.2 Å². The molecular formula is C19H23N5O3. The molecule has 8 heteroatoms. The number of aromatic nitrogens is 2. The van der Waals surface area contributed by atoms with E-state index in [0.717, 1.165) is 38.5 Å². The van der Waals surface area contributed by atoms with Crippen LogP contribution in [0.15, 0.2) is 36.4 Å². The molecule has 1 aliphatic heterocycles. The number of morpholine rings is 1. The molecule has 2 heterocycles. The smallest absolute Gasteiger partial charge is 0.271 e. The highest BCUT2D eigenvalue weighted by Crippen LogP contribution is 2.16. The van der Waals surface area contributed by atoms with E-state index in [1.165, 1.54) is 6.92 Å². The maximum atomic E-state index is 12.2. The average Bonchev–Trinajstić information content (AvgIpc) is 2.69. The summed E-state index contributed by atoms with van der Waals surface area (Å²) < 4.78 is 5.30. The molecule has 0 unspecified atom stereocenters. The van der Waals surface area contributed by atoms with Gasteiger partial charge in [0.25, 0.3) is 5.91 Å². The largest absolute Gasteiger partial charge is 0.379 e. The van der Waals surface area contributed by atoms with Gasteiger partial charge in [-0.15, -0.1) is 10.2 Å². The Labute approximate surface area is 157 Å². The number of rotatable bonds is 7. The third-order valence-corrected chi connectivity index (χ3v) is 4.26. The van der Waals surface area contributed by atoms with Gasteiger partial charge in [-0.05, 0) is 31.2 Å². The van der Waals surface area contributed by atoms with Crippen LogP contribution in [0.25, 0.3) is 0 Å². The zero-order valence-corrected chi connectivity index (χ0v) is 15.3. The van der Waals surface area contributed by atoms with Gasteiger partial charge >= 0.3 is 0 Å².